The van der Waals surface area contributed by atoms with Gasteiger partial charge in [0.05, 0.1) is 41.9 Å². The molecule has 0 aliphatic heterocycles. The molecule has 0 amide bonds. The normalized spacial score (nSPS) is 10.8. The molecule has 0 aliphatic rings. The minimum Gasteiger partial charge on any atom is -0.378 e. The maximum absolute atomic E-state index is 12.2. The van der Waals surface area contributed by atoms with Gasteiger partial charge in [-0.15, -0.1) is 11.6 Å². The van der Waals surface area contributed by atoms with E-state index in [9.17, 15) is 14.9 Å². The van der Waals surface area contributed by atoms with E-state index in [0.29, 0.717) is 31.2 Å². The Morgan fingerprint density at radius 3 is 2.90 bits per heavy atom. The number of nitro groups is 1. The average Bonchev–Trinajstić information content (AvgIpc) is 2.45. The van der Waals surface area contributed by atoms with Crippen molar-refractivity contribution < 1.29 is 9.66 Å². The highest BCUT2D eigenvalue weighted by atomic mass is 35.5. The van der Waals surface area contributed by atoms with Gasteiger partial charge in [-0.2, -0.15) is 0 Å². The molecular formula is C12H12ClN3O4. The van der Waals surface area contributed by atoms with Gasteiger partial charge in [0.25, 0.3) is 11.2 Å². The standard InChI is InChI=1S/C12H12ClN3O4/c13-3-5-20-6-4-15-8-14-11-2-1-9(16(18)19)7-10(11)12(15)17/h1-2,7-8H,3-6H2. The predicted octanol–water partition coefficient (Wildman–Crippen LogP) is 1.56. The molecule has 0 spiro atoms. The lowest BCUT2D eigenvalue weighted by Gasteiger charge is -2.06. The molecule has 1 aromatic carbocycles. The number of nitrogens with zero attached hydrogens (tertiary/aromatic N) is 3. The highest BCUT2D eigenvalue weighted by Crippen LogP contribution is 2.16. The van der Waals surface area contributed by atoms with Crippen molar-refractivity contribution in [3.05, 3.63) is 45.0 Å². The van der Waals surface area contributed by atoms with Crippen LogP contribution in [0.4, 0.5) is 5.69 Å². The van der Waals surface area contributed by atoms with Gasteiger partial charge in [-0.25, -0.2) is 4.98 Å². The van der Waals surface area contributed by atoms with Gasteiger partial charge < -0.3 is 4.74 Å². The molecule has 0 saturated carbocycles. The van der Waals surface area contributed by atoms with Crippen molar-refractivity contribution in [2.24, 2.45) is 0 Å². The lowest BCUT2D eigenvalue weighted by molar-refractivity contribution is -0.384. The van der Waals surface area contributed by atoms with Crippen LogP contribution in [0.15, 0.2) is 29.3 Å². The van der Waals surface area contributed by atoms with E-state index >= 15 is 0 Å². The van der Waals surface area contributed by atoms with E-state index in [1.54, 1.807) is 0 Å². The molecule has 0 atom stereocenters. The Balaban J connectivity index is 2.31. The number of hydrogen-bond donors (Lipinski definition) is 0. The molecule has 0 radical (unpaired) electrons. The molecule has 0 fully saturated rings. The van der Waals surface area contributed by atoms with Gasteiger partial charge in [0.2, 0.25) is 0 Å². The lowest BCUT2D eigenvalue weighted by atomic mass is 10.2. The maximum Gasteiger partial charge on any atom is 0.270 e. The summed E-state index contributed by atoms with van der Waals surface area (Å²) in [5.74, 6) is 0.386. The molecule has 2 aromatic rings. The number of halogens is 1. The number of nitro benzene ring substituents is 1. The van der Waals surface area contributed by atoms with Gasteiger partial charge in [-0.1, -0.05) is 0 Å². The van der Waals surface area contributed by atoms with Crippen LogP contribution in [0, 0.1) is 10.1 Å². The molecule has 106 valence electrons. The van der Waals surface area contributed by atoms with Crippen molar-refractivity contribution in [2.45, 2.75) is 6.54 Å². The molecule has 2 rings (SSSR count). The number of ether oxygens (including phenoxy) is 1. The number of fused-ring (bicyclic) bond motifs is 1. The summed E-state index contributed by atoms with van der Waals surface area (Å²) in [5.41, 5.74) is -0.0285. The highest BCUT2D eigenvalue weighted by Gasteiger charge is 2.10. The fourth-order valence-corrected chi connectivity index (χ4v) is 1.85. The number of hydrogen-bond acceptors (Lipinski definition) is 5. The molecule has 8 heteroatoms. The number of benzene rings is 1. The molecule has 0 aliphatic carbocycles. The van der Waals surface area contributed by atoms with Gasteiger partial charge >= 0.3 is 0 Å². The van der Waals surface area contributed by atoms with Crippen molar-refractivity contribution in [1.82, 2.24) is 9.55 Å². The van der Waals surface area contributed by atoms with Crippen LogP contribution in [-0.4, -0.2) is 33.6 Å². The summed E-state index contributed by atoms with van der Waals surface area (Å²) in [6.07, 6.45) is 1.40. The Kier molecular flexibility index (Phi) is 4.65. The Morgan fingerprint density at radius 1 is 1.40 bits per heavy atom. The molecule has 1 heterocycles. The third-order valence-electron chi connectivity index (χ3n) is 2.72. The van der Waals surface area contributed by atoms with Crippen molar-refractivity contribution in [3.8, 4) is 0 Å². The zero-order valence-corrected chi connectivity index (χ0v) is 11.2. The van der Waals surface area contributed by atoms with Crippen molar-refractivity contribution in [3.63, 3.8) is 0 Å². The third kappa shape index (κ3) is 3.12. The first-order valence-corrected chi connectivity index (χ1v) is 6.44. The molecule has 0 unspecified atom stereocenters. The summed E-state index contributed by atoms with van der Waals surface area (Å²) >= 11 is 5.47. The maximum atomic E-state index is 12.2. The van der Waals surface area contributed by atoms with Crippen LogP contribution in [-0.2, 0) is 11.3 Å². The number of aromatic nitrogens is 2. The quantitative estimate of drug-likeness (QED) is 0.349. The van der Waals surface area contributed by atoms with E-state index in [0.717, 1.165) is 0 Å². The lowest BCUT2D eigenvalue weighted by Crippen LogP contribution is -2.23. The minimum absolute atomic E-state index is 0.132. The monoisotopic (exact) mass is 297 g/mol. The second-order valence-electron chi connectivity index (χ2n) is 4.00. The summed E-state index contributed by atoms with van der Waals surface area (Å²) in [7, 11) is 0. The molecule has 0 N–H and O–H groups in total. The van der Waals surface area contributed by atoms with E-state index in [4.69, 9.17) is 16.3 Å². The Morgan fingerprint density at radius 2 is 2.20 bits per heavy atom. The molecule has 0 saturated heterocycles. The fraction of sp³-hybridized carbons (Fsp3) is 0.333. The topological polar surface area (TPSA) is 87.3 Å². The average molecular weight is 298 g/mol. The van der Waals surface area contributed by atoms with E-state index in [2.05, 4.69) is 4.98 Å². The highest BCUT2D eigenvalue weighted by molar-refractivity contribution is 6.17. The Hall–Kier alpha value is -1.99. The summed E-state index contributed by atoms with van der Waals surface area (Å²) in [4.78, 5) is 26.5. The predicted molar refractivity (Wildman–Crippen MR) is 74.2 cm³/mol. The van der Waals surface area contributed by atoms with Gasteiger partial charge in [0.15, 0.2) is 0 Å². The van der Waals surface area contributed by atoms with Gasteiger partial charge in [-0.05, 0) is 6.07 Å². The van der Waals surface area contributed by atoms with Gasteiger partial charge in [-0.3, -0.25) is 19.5 Å². The van der Waals surface area contributed by atoms with Crippen LogP contribution in [0.25, 0.3) is 10.9 Å². The first kappa shape index (κ1) is 14.4. The van der Waals surface area contributed by atoms with Crippen LogP contribution in [0.5, 0.6) is 0 Å². The van der Waals surface area contributed by atoms with Gasteiger partial charge in [0, 0.05) is 18.0 Å². The Labute approximate surface area is 118 Å². The van der Waals surface area contributed by atoms with Crippen LogP contribution in [0.2, 0.25) is 0 Å². The van der Waals surface area contributed by atoms with Crippen LogP contribution in [0.1, 0.15) is 0 Å². The minimum atomic E-state index is -0.542. The van der Waals surface area contributed by atoms with Crippen molar-refractivity contribution in [1.29, 1.82) is 0 Å². The van der Waals surface area contributed by atoms with E-state index < -0.39 is 4.92 Å². The van der Waals surface area contributed by atoms with Crippen LogP contribution >= 0.6 is 11.6 Å². The number of alkyl halides is 1. The molecular weight excluding hydrogens is 286 g/mol. The summed E-state index contributed by atoms with van der Waals surface area (Å²) in [6, 6.07) is 4.02. The SMILES string of the molecule is O=c1c2cc([N+](=O)[O-])ccc2ncn1CCOCCCl. The summed E-state index contributed by atoms with van der Waals surface area (Å²) < 4.78 is 6.55. The van der Waals surface area contributed by atoms with Crippen molar-refractivity contribution >= 4 is 28.2 Å². The van der Waals surface area contributed by atoms with Crippen LogP contribution < -0.4 is 5.56 Å². The zero-order valence-electron chi connectivity index (χ0n) is 10.5. The first-order chi connectivity index (χ1) is 9.63. The fourth-order valence-electron chi connectivity index (χ4n) is 1.74. The largest absolute Gasteiger partial charge is 0.378 e. The first-order valence-electron chi connectivity index (χ1n) is 5.91. The molecule has 7 nitrogen and oxygen atoms in total. The zero-order chi connectivity index (χ0) is 14.5. The number of non-ortho nitro benzene ring substituents is 1. The molecule has 0 bridgehead atoms. The van der Waals surface area contributed by atoms with E-state index in [1.165, 1.54) is 29.1 Å². The van der Waals surface area contributed by atoms with Crippen LogP contribution in [0.3, 0.4) is 0 Å². The number of rotatable bonds is 6. The third-order valence-corrected chi connectivity index (χ3v) is 2.87. The van der Waals surface area contributed by atoms with E-state index in [-0.39, 0.29) is 16.6 Å². The van der Waals surface area contributed by atoms with Gasteiger partial charge in [0.1, 0.15) is 0 Å². The smallest absolute Gasteiger partial charge is 0.270 e. The molecule has 1 aromatic heterocycles. The second kappa shape index (κ2) is 6.44. The van der Waals surface area contributed by atoms with E-state index in [1.807, 2.05) is 0 Å². The molecule has 20 heavy (non-hydrogen) atoms. The van der Waals surface area contributed by atoms with Crippen molar-refractivity contribution in [2.75, 3.05) is 19.1 Å². The second-order valence-corrected chi connectivity index (χ2v) is 4.38. The summed E-state index contributed by atoms with van der Waals surface area (Å²) in [5, 5.41) is 10.9. The Bertz CT molecular complexity index is 686. The summed E-state index contributed by atoms with van der Waals surface area (Å²) in [6.45, 7) is 1.05.